The second-order valence-electron chi connectivity index (χ2n) is 5.10. The molecule has 2 rings (SSSR count). The highest BCUT2D eigenvalue weighted by molar-refractivity contribution is 8.00. The molecule has 1 aliphatic carbocycles. The highest BCUT2D eigenvalue weighted by atomic mass is 32.2. The zero-order chi connectivity index (χ0) is 13.9. The Morgan fingerprint density at radius 1 is 1.37 bits per heavy atom. The van der Waals surface area contributed by atoms with Crippen LogP contribution in [0, 0.1) is 0 Å². The van der Waals surface area contributed by atoms with Crippen molar-refractivity contribution in [3.8, 4) is 0 Å². The minimum atomic E-state index is -2.50. The fraction of sp³-hybridized carbons (Fsp3) is 0.571. The molecule has 0 atom stereocenters. The van der Waals surface area contributed by atoms with E-state index in [0.29, 0.717) is 11.4 Å². The van der Waals surface area contributed by atoms with Crippen LogP contribution in [0.15, 0.2) is 18.2 Å². The van der Waals surface area contributed by atoms with Crippen molar-refractivity contribution in [3.63, 3.8) is 0 Å². The number of nitrogens with one attached hydrogen (secondary N) is 1. The molecule has 0 aromatic heterocycles. The molecule has 1 aromatic rings. The summed E-state index contributed by atoms with van der Waals surface area (Å²) in [6, 6.07) is 4.67. The lowest BCUT2D eigenvalue weighted by Crippen LogP contribution is -2.30. The van der Waals surface area contributed by atoms with Gasteiger partial charge in [0.05, 0.1) is 0 Å². The SMILES string of the molecule is CSC1(CNc2ccc(N)cc2C(F)F)CCCC1. The largest absolute Gasteiger partial charge is 0.399 e. The van der Waals surface area contributed by atoms with Crippen molar-refractivity contribution in [3.05, 3.63) is 23.8 Å². The van der Waals surface area contributed by atoms with Gasteiger partial charge >= 0.3 is 0 Å². The van der Waals surface area contributed by atoms with Gasteiger partial charge in [-0.15, -0.1) is 0 Å². The fourth-order valence-electron chi connectivity index (χ4n) is 2.65. The highest BCUT2D eigenvalue weighted by Gasteiger charge is 2.32. The Balaban J connectivity index is 2.10. The van der Waals surface area contributed by atoms with Crippen molar-refractivity contribution in [1.82, 2.24) is 0 Å². The molecule has 0 heterocycles. The summed E-state index contributed by atoms with van der Waals surface area (Å²) in [5.74, 6) is 0. The van der Waals surface area contributed by atoms with Gasteiger partial charge < -0.3 is 11.1 Å². The summed E-state index contributed by atoms with van der Waals surface area (Å²) >= 11 is 1.84. The standard InChI is InChI=1S/C14H20F2N2S/c1-19-14(6-2-3-7-14)9-18-12-5-4-10(17)8-11(12)13(15)16/h4-5,8,13,18H,2-3,6-7,9,17H2,1H3. The zero-order valence-corrected chi connectivity index (χ0v) is 11.9. The van der Waals surface area contributed by atoms with Crippen LogP contribution < -0.4 is 11.1 Å². The molecule has 3 N–H and O–H groups in total. The Hall–Kier alpha value is -0.970. The lowest BCUT2D eigenvalue weighted by atomic mass is 10.1. The zero-order valence-electron chi connectivity index (χ0n) is 11.1. The van der Waals surface area contributed by atoms with Gasteiger partial charge in [0.1, 0.15) is 0 Å². The molecule has 1 fully saturated rings. The van der Waals surface area contributed by atoms with Crippen LogP contribution in [0.1, 0.15) is 37.7 Å². The van der Waals surface area contributed by atoms with Crippen LogP contribution in [-0.4, -0.2) is 17.5 Å². The minimum absolute atomic E-state index is 0.00532. The molecular weight excluding hydrogens is 266 g/mol. The first-order valence-electron chi connectivity index (χ1n) is 6.53. The molecule has 1 aliphatic rings. The number of thioether (sulfide) groups is 1. The summed E-state index contributed by atoms with van der Waals surface area (Å²) in [4.78, 5) is 0. The van der Waals surface area contributed by atoms with Crippen LogP contribution in [0.4, 0.5) is 20.2 Å². The van der Waals surface area contributed by atoms with E-state index in [-0.39, 0.29) is 10.3 Å². The molecule has 0 aliphatic heterocycles. The smallest absolute Gasteiger partial charge is 0.265 e. The van der Waals surface area contributed by atoms with E-state index in [9.17, 15) is 8.78 Å². The van der Waals surface area contributed by atoms with Gasteiger partial charge in [-0.3, -0.25) is 0 Å². The van der Waals surface area contributed by atoms with Crippen LogP contribution in [0.2, 0.25) is 0 Å². The normalized spacial score (nSPS) is 17.9. The Morgan fingerprint density at radius 3 is 2.63 bits per heavy atom. The quantitative estimate of drug-likeness (QED) is 0.793. The Bertz CT molecular complexity index is 431. The molecule has 106 valence electrons. The summed E-state index contributed by atoms with van der Waals surface area (Å²) in [5.41, 5.74) is 6.45. The number of benzene rings is 1. The van der Waals surface area contributed by atoms with Gasteiger partial charge in [-0.05, 0) is 37.3 Å². The lowest BCUT2D eigenvalue weighted by Gasteiger charge is -2.28. The van der Waals surface area contributed by atoms with E-state index >= 15 is 0 Å². The van der Waals surface area contributed by atoms with E-state index in [2.05, 4.69) is 11.6 Å². The molecule has 0 bridgehead atoms. The van der Waals surface area contributed by atoms with Crippen LogP contribution in [0.5, 0.6) is 0 Å². The van der Waals surface area contributed by atoms with E-state index in [1.165, 1.54) is 18.9 Å². The van der Waals surface area contributed by atoms with Gasteiger partial charge in [-0.1, -0.05) is 12.8 Å². The average Bonchev–Trinajstić information content (AvgIpc) is 2.86. The van der Waals surface area contributed by atoms with E-state index in [4.69, 9.17) is 5.73 Å². The molecule has 2 nitrogen and oxygen atoms in total. The molecule has 0 amide bonds. The van der Waals surface area contributed by atoms with E-state index < -0.39 is 6.43 Å². The van der Waals surface area contributed by atoms with Crippen molar-refractivity contribution in [1.29, 1.82) is 0 Å². The van der Waals surface area contributed by atoms with Gasteiger partial charge in [-0.2, -0.15) is 11.8 Å². The first-order valence-corrected chi connectivity index (χ1v) is 7.75. The molecule has 0 unspecified atom stereocenters. The molecule has 0 spiro atoms. The Labute approximate surface area is 117 Å². The van der Waals surface area contributed by atoms with Crippen molar-refractivity contribution in [2.24, 2.45) is 0 Å². The fourth-order valence-corrected chi connectivity index (χ4v) is 3.56. The predicted molar refractivity (Wildman–Crippen MR) is 79.0 cm³/mol. The maximum absolute atomic E-state index is 13.0. The van der Waals surface area contributed by atoms with Gasteiger partial charge in [0.2, 0.25) is 0 Å². The van der Waals surface area contributed by atoms with E-state index in [1.54, 1.807) is 12.1 Å². The monoisotopic (exact) mass is 286 g/mol. The van der Waals surface area contributed by atoms with Crippen molar-refractivity contribution < 1.29 is 8.78 Å². The second kappa shape index (κ2) is 5.99. The molecule has 19 heavy (non-hydrogen) atoms. The summed E-state index contributed by atoms with van der Waals surface area (Å²) in [7, 11) is 0. The van der Waals surface area contributed by atoms with Crippen LogP contribution in [-0.2, 0) is 0 Å². The Morgan fingerprint density at radius 2 is 2.05 bits per heavy atom. The minimum Gasteiger partial charge on any atom is -0.399 e. The number of alkyl halides is 2. The number of halogens is 2. The lowest BCUT2D eigenvalue weighted by molar-refractivity contribution is 0.152. The average molecular weight is 286 g/mol. The summed E-state index contributed by atoms with van der Waals surface area (Å²) in [5, 5.41) is 3.20. The number of nitrogen functional groups attached to an aromatic ring is 1. The molecule has 0 saturated heterocycles. The van der Waals surface area contributed by atoms with Crippen LogP contribution in [0.3, 0.4) is 0 Å². The molecule has 0 radical (unpaired) electrons. The molecular formula is C14H20F2N2S. The number of rotatable bonds is 5. The van der Waals surface area contributed by atoms with Gasteiger partial charge in [-0.25, -0.2) is 8.78 Å². The number of anilines is 2. The number of hydrogen-bond donors (Lipinski definition) is 2. The van der Waals surface area contributed by atoms with E-state index in [1.807, 2.05) is 11.8 Å². The first-order chi connectivity index (χ1) is 9.06. The van der Waals surface area contributed by atoms with E-state index in [0.717, 1.165) is 19.4 Å². The Kier molecular flexibility index (Phi) is 4.55. The summed E-state index contributed by atoms with van der Waals surface area (Å²) in [6.07, 6.45) is 4.36. The summed E-state index contributed by atoms with van der Waals surface area (Å²) in [6.45, 7) is 0.734. The van der Waals surface area contributed by atoms with Crippen molar-refractivity contribution in [2.45, 2.75) is 36.9 Å². The maximum Gasteiger partial charge on any atom is 0.265 e. The molecule has 1 saturated carbocycles. The predicted octanol–water partition coefficient (Wildman–Crippen LogP) is 4.29. The van der Waals surface area contributed by atoms with Gasteiger partial charge in [0, 0.05) is 28.2 Å². The van der Waals surface area contributed by atoms with Crippen LogP contribution in [0.25, 0.3) is 0 Å². The van der Waals surface area contributed by atoms with Gasteiger partial charge in [0.25, 0.3) is 6.43 Å². The third-order valence-electron chi connectivity index (χ3n) is 3.86. The topological polar surface area (TPSA) is 38.0 Å². The highest BCUT2D eigenvalue weighted by Crippen LogP contribution is 2.40. The van der Waals surface area contributed by atoms with Gasteiger partial charge in [0.15, 0.2) is 0 Å². The number of nitrogens with two attached hydrogens (primary N) is 1. The maximum atomic E-state index is 13.0. The second-order valence-corrected chi connectivity index (χ2v) is 6.37. The van der Waals surface area contributed by atoms with Crippen molar-refractivity contribution in [2.75, 3.05) is 23.9 Å². The van der Waals surface area contributed by atoms with Crippen molar-refractivity contribution >= 4 is 23.1 Å². The molecule has 1 aromatic carbocycles. The first kappa shape index (κ1) is 14.4. The third kappa shape index (κ3) is 3.32. The number of hydrogen-bond acceptors (Lipinski definition) is 3. The third-order valence-corrected chi connectivity index (χ3v) is 5.28. The van der Waals surface area contributed by atoms with Crippen LogP contribution >= 0.6 is 11.8 Å². The molecule has 5 heteroatoms. The summed E-state index contributed by atoms with van der Waals surface area (Å²) < 4.78 is 26.2.